The molecule has 0 bridgehead atoms. The summed E-state index contributed by atoms with van der Waals surface area (Å²) in [5.74, 6) is 0.621. The van der Waals surface area contributed by atoms with Crippen molar-refractivity contribution >= 4 is 30.7 Å². The van der Waals surface area contributed by atoms with Crippen molar-refractivity contribution in [3.05, 3.63) is 53.2 Å². The SMILES string of the molecule is CCc1ccc(C2CNCCN2C(=O)c2ncoc2CC)cc1.Cl.Cl. The third-order valence-corrected chi connectivity index (χ3v) is 4.44. The molecule has 1 aliphatic heterocycles. The van der Waals surface area contributed by atoms with Crippen molar-refractivity contribution in [2.75, 3.05) is 19.6 Å². The van der Waals surface area contributed by atoms with Crippen LogP contribution in [-0.2, 0) is 12.8 Å². The van der Waals surface area contributed by atoms with Gasteiger partial charge in [-0.05, 0) is 17.5 Å². The molecule has 2 heterocycles. The molecule has 1 atom stereocenters. The Labute approximate surface area is 161 Å². The number of carbonyl (C=O) groups is 1. The van der Waals surface area contributed by atoms with Crippen molar-refractivity contribution in [2.45, 2.75) is 32.7 Å². The maximum atomic E-state index is 12.9. The fourth-order valence-electron chi connectivity index (χ4n) is 3.05. The minimum Gasteiger partial charge on any atom is -0.448 e. The number of aromatic nitrogens is 1. The number of piperazine rings is 1. The number of carbonyl (C=O) groups excluding carboxylic acids is 1. The summed E-state index contributed by atoms with van der Waals surface area (Å²) in [5.41, 5.74) is 2.91. The lowest BCUT2D eigenvalue weighted by Gasteiger charge is -2.36. The number of oxazole rings is 1. The van der Waals surface area contributed by atoms with Crippen LogP contribution in [0.2, 0.25) is 0 Å². The second-order valence-corrected chi connectivity index (χ2v) is 5.79. The van der Waals surface area contributed by atoms with E-state index in [1.54, 1.807) is 0 Å². The van der Waals surface area contributed by atoms with Gasteiger partial charge in [-0.3, -0.25) is 4.79 Å². The summed E-state index contributed by atoms with van der Waals surface area (Å²) in [6.45, 7) is 6.35. The first-order valence-electron chi connectivity index (χ1n) is 8.27. The van der Waals surface area contributed by atoms with Gasteiger partial charge in [0, 0.05) is 26.1 Å². The zero-order chi connectivity index (χ0) is 16.2. The summed E-state index contributed by atoms with van der Waals surface area (Å²) in [6.07, 6.45) is 3.05. The summed E-state index contributed by atoms with van der Waals surface area (Å²) in [4.78, 5) is 19.0. The van der Waals surface area contributed by atoms with Gasteiger partial charge in [-0.15, -0.1) is 24.8 Å². The van der Waals surface area contributed by atoms with E-state index < -0.39 is 0 Å². The molecule has 138 valence electrons. The smallest absolute Gasteiger partial charge is 0.276 e. The standard InChI is InChI=1S/C18H23N3O2.2ClH/c1-3-13-5-7-14(8-6-13)15-11-19-9-10-21(15)18(22)17-16(4-2)23-12-20-17;;/h5-8,12,15,19H,3-4,9-11H2,1-2H3;2*1H. The van der Waals surface area contributed by atoms with Crippen molar-refractivity contribution in [3.8, 4) is 0 Å². The van der Waals surface area contributed by atoms with Crippen LogP contribution in [0.3, 0.4) is 0 Å². The predicted molar refractivity (Wildman–Crippen MR) is 103 cm³/mol. The number of rotatable bonds is 4. The maximum Gasteiger partial charge on any atom is 0.276 e. The average Bonchev–Trinajstić information content (AvgIpc) is 3.10. The van der Waals surface area contributed by atoms with Crippen LogP contribution in [0.1, 0.15) is 47.3 Å². The Hall–Kier alpha value is -1.56. The van der Waals surface area contributed by atoms with Crippen LogP contribution in [0.15, 0.2) is 35.1 Å². The molecule has 1 aromatic heterocycles. The Balaban J connectivity index is 0.00000156. The minimum atomic E-state index is -0.0401. The molecule has 0 radical (unpaired) electrons. The molecule has 1 aromatic carbocycles. The average molecular weight is 386 g/mol. The number of halogens is 2. The van der Waals surface area contributed by atoms with Gasteiger partial charge in [0.1, 0.15) is 5.76 Å². The van der Waals surface area contributed by atoms with Crippen LogP contribution in [0.25, 0.3) is 0 Å². The maximum absolute atomic E-state index is 12.9. The monoisotopic (exact) mass is 385 g/mol. The topological polar surface area (TPSA) is 58.4 Å². The zero-order valence-electron chi connectivity index (χ0n) is 14.5. The summed E-state index contributed by atoms with van der Waals surface area (Å²) >= 11 is 0. The Bertz CT molecular complexity index is 673. The normalized spacial score (nSPS) is 16.7. The van der Waals surface area contributed by atoms with Crippen molar-refractivity contribution in [2.24, 2.45) is 0 Å². The lowest BCUT2D eigenvalue weighted by molar-refractivity contribution is 0.0626. The highest BCUT2D eigenvalue weighted by atomic mass is 35.5. The number of benzene rings is 1. The third kappa shape index (κ3) is 4.54. The van der Waals surface area contributed by atoms with Gasteiger partial charge in [0.15, 0.2) is 12.1 Å². The molecule has 5 nitrogen and oxygen atoms in total. The second-order valence-electron chi connectivity index (χ2n) is 5.79. The zero-order valence-corrected chi connectivity index (χ0v) is 16.2. The Morgan fingerprint density at radius 3 is 2.60 bits per heavy atom. The Morgan fingerprint density at radius 2 is 1.96 bits per heavy atom. The van der Waals surface area contributed by atoms with Crippen LogP contribution in [0.4, 0.5) is 0 Å². The van der Waals surface area contributed by atoms with Crippen molar-refractivity contribution in [1.82, 2.24) is 15.2 Å². The molecule has 0 saturated carbocycles. The summed E-state index contributed by atoms with van der Waals surface area (Å²) in [6, 6.07) is 8.56. The van der Waals surface area contributed by atoms with Crippen LogP contribution >= 0.6 is 24.8 Å². The van der Waals surface area contributed by atoms with Crippen LogP contribution < -0.4 is 5.32 Å². The molecule has 0 spiro atoms. The number of amides is 1. The quantitative estimate of drug-likeness (QED) is 0.875. The van der Waals surface area contributed by atoms with E-state index in [4.69, 9.17) is 4.42 Å². The fourth-order valence-corrected chi connectivity index (χ4v) is 3.05. The molecule has 1 aliphatic rings. The van der Waals surface area contributed by atoms with E-state index in [0.29, 0.717) is 24.4 Å². The predicted octanol–water partition coefficient (Wildman–Crippen LogP) is 3.43. The highest BCUT2D eigenvalue weighted by molar-refractivity contribution is 5.93. The summed E-state index contributed by atoms with van der Waals surface area (Å²) < 4.78 is 5.32. The number of aryl methyl sites for hydroxylation is 2. The lowest BCUT2D eigenvalue weighted by atomic mass is 10.0. The molecule has 1 fully saturated rings. The van der Waals surface area contributed by atoms with Gasteiger partial charge in [0.05, 0.1) is 6.04 Å². The number of hydrogen-bond acceptors (Lipinski definition) is 4. The van der Waals surface area contributed by atoms with Gasteiger partial charge >= 0.3 is 0 Å². The summed E-state index contributed by atoms with van der Waals surface area (Å²) in [5, 5.41) is 3.38. The first kappa shape index (κ1) is 21.5. The van der Waals surface area contributed by atoms with Gasteiger partial charge in [0.2, 0.25) is 0 Å². The molecule has 0 aliphatic carbocycles. The molecule has 3 rings (SSSR count). The highest BCUT2D eigenvalue weighted by Gasteiger charge is 2.31. The van der Waals surface area contributed by atoms with Gasteiger partial charge in [-0.1, -0.05) is 38.1 Å². The van der Waals surface area contributed by atoms with E-state index in [9.17, 15) is 4.79 Å². The Morgan fingerprint density at radius 1 is 1.24 bits per heavy atom. The van der Waals surface area contributed by atoms with Crippen LogP contribution in [0, 0.1) is 0 Å². The largest absolute Gasteiger partial charge is 0.448 e. The van der Waals surface area contributed by atoms with E-state index in [-0.39, 0.29) is 36.8 Å². The van der Waals surface area contributed by atoms with E-state index >= 15 is 0 Å². The van der Waals surface area contributed by atoms with E-state index in [1.807, 2.05) is 11.8 Å². The number of hydrogen-bond donors (Lipinski definition) is 1. The lowest BCUT2D eigenvalue weighted by Crippen LogP contribution is -2.49. The van der Waals surface area contributed by atoms with Crippen molar-refractivity contribution in [3.63, 3.8) is 0 Å². The second kappa shape index (κ2) is 9.80. The number of nitrogens with one attached hydrogen (secondary N) is 1. The van der Waals surface area contributed by atoms with Gasteiger partial charge in [-0.25, -0.2) is 4.98 Å². The van der Waals surface area contributed by atoms with Gasteiger partial charge in [-0.2, -0.15) is 0 Å². The van der Waals surface area contributed by atoms with E-state index in [2.05, 4.69) is 41.5 Å². The molecule has 2 aromatic rings. The third-order valence-electron chi connectivity index (χ3n) is 4.44. The van der Waals surface area contributed by atoms with Crippen LogP contribution in [0.5, 0.6) is 0 Å². The molecule has 1 N–H and O–H groups in total. The van der Waals surface area contributed by atoms with Crippen molar-refractivity contribution < 1.29 is 9.21 Å². The molecule has 1 saturated heterocycles. The first-order chi connectivity index (χ1) is 11.2. The fraction of sp³-hybridized carbons (Fsp3) is 0.444. The van der Waals surface area contributed by atoms with E-state index in [0.717, 1.165) is 25.1 Å². The molecule has 25 heavy (non-hydrogen) atoms. The Kier molecular flexibility index (Phi) is 8.42. The molecular formula is C18H25Cl2N3O2. The number of nitrogens with zero attached hydrogens (tertiary/aromatic N) is 2. The van der Waals surface area contributed by atoms with Crippen molar-refractivity contribution in [1.29, 1.82) is 0 Å². The van der Waals surface area contributed by atoms with Gasteiger partial charge in [0.25, 0.3) is 5.91 Å². The molecule has 1 amide bonds. The minimum absolute atomic E-state index is 0. The highest BCUT2D eigenvalue weighted by Crippen LogP contribution is 2.25. The molecular weight excluding hydrogens is 361 g/mol. The summed E-state index contributed by atoms with van der Waals surface area (Å²) in [7, 11) is 0. The first-order valence-corrected chi connectivity index (χ1v) is 8.27. The molecule has 1 unspecified atom stereocenters. The van der Waals surface area contributed by atoms with Crippen LogP contribution in [-0.4, -0.2) is 35.4 Å². The molecule has 7 heteroatoms. The van der Waals surface area contributed by atoms with E-state index in [1.165, 1.54) is 12.0 Å². The van der Waals surface area contributed by atoms with Gasteiger partial charge < -0.3 is 14.6 Å².